The monoisotopic (exact) mass is 573 g/mol. The Morgan fingerprint density at radius 2 is 1.27 bits per heavy atom. The molecule has 1 atom stereocenters. The van der Waals surface area contributed by atoms with Crippen LogP contribution in [0, 0.1) is 0 Å². The second-order valence-electron chi connectivity index (χ2n) is 10.7. The second kappa shape index (κ2) is 30.3. The summed E-state index contributed by atoms with van der Waals surface area (Å²) in [6, 6.07) is 0. The van der Waals surface area contributed by atoms with Crippen molar-refractivity contribution < 1.29 is 24.2 Å². The van der Waals surface area contributed by atoms with Crippen LogP contribution in [0.5, 0.6) is 0 Å². The normalized spacial score (nSPS) is 12.6. The molecule has 0 aliphatic carbocycles. The molecule has 2 N–H and O–H groups in total. The van der Waals surface area contributed by atoms with E-state index in [0.29, 0.717) is 12.8 Å². The van der Waals surface area contributed by atoms with E-state index in [4.69, 9.17) is 9.84 Å². The van der Waals surface area contributed by atoms with E-state index >= 15 is 0 Å². The van der Waals surface area contributed by atoms with E-state index in [1.165, 1.54) is 32.1 Å². The van der Waals surface area contributed by atoms with Gasteiger partial charge in [-0.15, -0.1) is 0 Å². The molecular formula is C35H59NO5. The zero-order valence-electron chi connectivity index (χ0n) is 26.1. The van der Waals surface area contributed by atoms with Crippen LogP contribution >= 0.6 is 0 Å². The quantitative estimate of drug-likeness (QED) is 0.0553. The third-order valence-corrected chi connectivity index (χ3v) is 6.72. The van der Waals surface area contributed by atoms with Crippen LogP contribution in [0.4, 0.5) is 0 Å². The minimum atomic E-state index is -1.03. The Labute approximate surface area is 250 Å². The fraction of sp³-hybridized carbons (Fsp3) is 0.686. The van der Waals surface area contributed by atoms with Gasteiger partial charge in [-0.05, 0) is 76.7 Å². The van der Waals surface area contributed by atoms with Crippen molar-refractivity contribution in [2.75, 3.05) is 6.54 Å². The molecule has 1 amide bonds. The van der Waals surface area contributed by atoms with Crippen molar-refractivity contribution in [3.05, 3.63) is 48.6 Å². The molecule has 0 aromatic carbocycles. The van der Waals surface area contributed by atoms with Crippen molar-refractivity contribution >= 4 is 17.8 Å². The van der Waals surface area contributed by atoms with E-state index in [2.05, 4.69) is 67.8 Å². The molecule has 0 saturated carbocycles. The molecule has 0 fully saturated rings. The zero-order chi connectivity index (χ0) is 30.2. The molecule has 6 nitrogen and oxygen atoms in total. The Hall–Kier alpha value is -2.63. The van der Waals surface area contributed by atoms with Crippen LogP contribution in [-0.2, 0) is 19.1 Å². The maximum absolute atomic E-state index is 12.5. The highest BCUT2D eigenvalue weighted by Crippen LogP contribution is 2.14. The lowest BCUT2D eigenvalue weighted by atomic mass is 10.1. The molecule has 0 radical (unpaired) electrons. The Kier molecular flexibility index (Phi) is 28.4. The van der Waals surface area contributed by atoms with Crippen molar-refractivity contribution in [1.82, 2.24) is 5.32 Å². The molecule has 6 heteroatoms. The van der Waals surface area contributed by atoms with Crippen molar-refractivity contribution in [2.45, 2.75) is 148 Å². The summed E-state index contributed by atoms with van der Waals surface area (Å²) in [5.41, 5.74) is 0. The van der Waals surface area contributed by atoms with E-state index in [0.717, 1.165) is 83.5 Å². The molecule has 0 rings (SSSR count). The molecule has 234 valence electrons. The minimum absolute atomic E-state index is 0.115. The fourth-order valence-electron chi connectivity index (χ4n) is 4.32. The Bertz CT molecular complexity index is 769. The number of carbonyl (C=O) groups excluding carboxylic acids is 2. The van der Waals surface area contributed by atoms with Gasteiger partial charge in [-0.1, -0.05) is 101 Å². The van der Waals surface area contributed by atoms with E-state index in [-0.39, 0.29) is 24.5 Å². The number of ether oxygens (including phenoxy) is 1. The lowest BCUT2D eigenvalue weighted by Crippen LogP contribution is -2.28. The largest absolute Gasteiger partial charge is 0.480 e. The van der Waals surface area contributed by atoms with Crippen LogP contribution in [0.15, 0.2) is 48.6 Å². The predicted octanol–water partition coefficient (Wildman–Crippen LogP) is 9.17. The fourth-order valence-corrected chi connectivity index (χ4v) is 4.32. The molecule has 0 aromatic rings. The number of carboxylic acids is 1. The van der Waals surface area contributed by atoms with E-state index < -0.39 is 5.97 Å². The first kappa shape index (κ1) is 38.4. The summed E-state index contributed by atoms with van der Waals surface area (Å²) in [5, 5.41) is 11.0. The van der Waals surface area contributed by atoms with Gasteiger partial charge in [0.2, 0.25) is 5.91 Å². The number of carbonyl (C=O) groups is 3. The Morgan fingerprint density at radius 1 is 0.683 bits per heavy atom. The SMILES string of the molecule is CC/C=C\C/C=C\C/C=C\CCCCCC(=O)OC(/C=C\CCCCCCC)CCCCCCC(=O)NCC(=O)O. The van der Waals surface area contributed by atoms with Crippen molar-refractivity contribution in [3.8, 4) is 0 Å². The Morgan fingerprint density at radius 3 is 1.98 bits per heavy atom. The molecule has 0 aliphatic rings. The number of allylic oxidation sites excluding steroid dienone is 7. The van der Waals surface area contributed by atoms with Gasteiger partial charge in [-0.2, -0.15) is 0 Å². The van der Waals surface area contributed by atoms with Crippen molar-refractivity contribution in [2.24, 2.45) is 0 Å². The number of esters is 1. The van der Waals surface area contributed by atoms with Gasteiger partial charge < -0.3 is 15.2 Å². The highest BCUT2D eigenvalue weighted by Gasteiger charge is 2.11. The summed E-state index contributed by atoms with van der Waals surface area (Å²) in [6.45, 7) is 4.03. The summed E-state index contributed by atoms with van der Waals surface area (Å²) in [6.07, 6.45) is 36.7. The van der Waals surface area contributed by atoms with Crippen molar-refractivity contribution in [3.63, 3.8) is 0 Å². The average molecular weight is 574 g/mol. The number of hydrogen-bond donors (Lipinski definition) is 2. The number of hydrogen-bond acceptors (Lipinski definition) is 4. The van der Waals surface area contributed by atoms with Crippen LogP contribution in [0.2, 0.25) is 0 Å². The summed E-state index contributed by atoms with van der Waals surface area (Å²) in [7, 11) is 0. The molecule has 0 aromatic heterocycles. The Balaban J connectivity index is 4.25. The van der Waals surface area contributed by atoms with Crippen LogP contribution in [0.1, 0.15) is 142 Å². The standard InChI is InChI=1S/C35H59NO5/c1-3-5-7-9-11-12-13-14-15-16-18-20-26-30-35(40)41-32(27-23-19-17-10-8-6-4-2)28-24-21-22-25-29-33(37)36-31-34(38)39/h5,7,11-12,14-15,23,27,32H,3-4,6,8-10,13,16-22,24-26,28-31H2,1-2H3,(H,36,37)(H,38,39)/b7-5-,12-11-,15-14-,27-23-. The smallest absolute Gasteiger partial charge is 0.322 e. The van der Waals surface area contributed by atoms with E-state index in [1.54, 1.807) is 0 Å². The average Bonchev–Trinajstić information content (AvgIpc) is 2.95. The first-order valence-corrected chi connectivity index (χ1v) is 16.3. The summed E-state index contributed by atoms with van der Waals surface area (Å²) >= 11 is 0. The van der Waals surface area contributed by atoms with Gasteiger partial charge in [0.1, 0.15) is 12.6 Å². The summed E-state index contributed by atoms with van der Waals surface area (Å²) in [4.78, 5) is 34.7. The number of nitrogens with one attached hydrogen (secondary N) is 1. The van der Waals surface area contributed by atoms with Crippen LogP contribution in [0.3, 0.4) is 0 Å². The molecule has 0 spiro atoms. The lowest BCUT2D eigenvalue weighted by molar-refractivity contribution is -0.147. The molecule has 0 heterocycles. The molecule has 1 unspecified atom stereocenters. The predicted molar refractivity (Wildman–Crippen MR) is 171 cm³/mol. The third kappa shape index (κ3) is 30.2. The van der Waals surface area contributed by atoms with Gasteiger partial charge in [0.05, 0.1) is 0 Å². The van der Waals surface area contributed by atoms with Crippen molar-refractivity contribution in [1.29, 1.82) is 0 Å². The first-order valence-electron chi connectivity index (χ1n) is 16.3. The summed E-state index contributed by atoms with van der Waals surface area (Å²) < 4.78 is 5.83. The molecule has 0 saturated heterocycles. The molecule has 41 heavy (non-hydrogen) atoms. The van der Waals surface area contributed by atoms with Crippen LogP contribution in [0.25, 0.3) is 0 Å². The highest BCUT2D eigenvalue weighted by molar-refractivity contribution is 5.80. The third-order valence-electron chi connectivity index (χ3n) is 6.72. The van der Waals surface area contributed by atoms with Gasteiger partial charge in [0.15, 0.2) is 0 Å². The van der Waals surface area contributed by atoms with Gasteiger partial charge >= 0.3 is 11.9 Å². The number of unbranched alkanes of at least 4 members (excludes halogenated alkanes) is 11. The van der Waals surface area contributed by atoms with E-state index in [9.17, 15) is 14.4 Å². The zero-order valence-corrected chi connectivity index (χ0v) is 26.1. The number of aliphatic carboxylic acids is 1. The summed E-state index contributed by atoms with van der Waals surface area (Å²) in [5.74, 6) is -1.37. The lowest BCUT2D eigenvalue weighted by Gasteiger charge is -2.15. The minimum Gasteiger partial charge on any atom is -0.480 e. The van der Waals surface area contributed by atoms with Gasteiger partial charge in [0.25, 0.3) is 0 Å². The van der Waals surface area contributed by atoms with Gasteiger partial charge in [-0.25, -0.2) is 0 Å². The van der Waals surface area contributed by atoms with Gasteiger partial charge in [-0.3, -0.25) is 14.4 Å². The van der Waals surface area contributed by atoms with Gasteiger partial charge in [0, 0.05) is 12.8 Å². The number of rotatable bonds is 28. The molecular weight excluding hydrogens is 514 g/mol. The highest BCUT2D eigenvalue weighted by atomic mass is 16.5. The first-order chi connectivity index (χ1) is 20.0. The number of amides is 1. The number of carboxylic acid groups (broad SMARTS) is 1. The topological polar surface area (TPSA) is 92.7 Å². The van der Waals surface area contributed by atoms with Crippen LogP contribution < -0.4 is 5.32 Å². The second-order valence-corrected chi connectivity index (χ2v) is 10.7. The molecule has 0 aliphatic heterocycles. The van der Waals surface area contributed by atoms with E-state index in [1.807, 2.05) is 0 Å². The maximum atomic E-state index is 12.5. The van der Waals surface area contributed by atoms with Crippen LogP contribution in [-0.4, -0.2) is 35.6 Å². The maximum Gasteiger partial charge on any atom is 0.322 e. The molecule has 0 bridgehead atoms.